The zero-order valence-electron chi connectivity index (χ0n) is 18.9. The Balaban J connectivity index is 0.00000324. The lowest BCUT2D eigenvalue weighted by Crippen LogP contribution is -2.28. The summed E-state index contributed by atoms with van der Waals surface area (Å²) in [4.78, 5) is 23.2. The zero-order chi connectivity index (χ0) is 23.4. The first-order chi connectivity index (χ1) is 15.9. The summed E-state index contributed by atoms with van der Waals surface area (Å²) < 4.78 is 13.4. The number of nitrogens with one attached hydrogen (secondary N) is 1. The third-order valence-corrected chi connectivity index (χ3v) is 6.43. The van der Waals surface area contributed by atoms with Crippen LogP contribution in [0.4, 0.5) is 10.2 Å². The van der Waals surface area contributed by atoms with Crippen LogP contribution in [0.25, 0.3) is 11.3 Å². The van der Waals surface area contributed by atoms with Crippen LogP contribution in [-0.2, 0) is 17.8 Å². The predicted octanol–water partition coefficient (Wildman–Crippen LogP) is 6.23. The molecule has 4 rings (SSSR count). The quantitative estimate of drug-likeness (QED) is 0.433. The Bertz CT molecular complexity index is 1140. The van der Waals surface area contributed by atoms with Crippen molar-refractivity contribution in [2.24, 2.45) is 11.8 Å². The highest BCUT2D eigenvalue weighted by Gasteiger charge is 2.31. The number of pyridine rings is 2. The molecule has 1 fully saturated rings. The molecule has 0 radical (unpaired) electrons. The van der Waals surface area contributed by atoms with Crippen molar-refractivity contribution < 1.29 is 9.18 Å². The van der Waals surface area contributed by atoms with Crippen molar-refractivity contribution in [2.75, 3.05) is 19.4 Å². The van der Waals surface area contributed by atoms with Gasteiger partial charge >= 0.3 is 0 Å². The van der Waals surface area contributed by atoms with Crippen molar-refractivity contribution in [1.29, 1.82) is 0 Å². The van der Waals surface area contributed by atoms with Gasteiger partial charge in [0.1, 0.15) is 11.6 Å². The molecule has 180 valence electrons. The van der Waals surface area contributed by atoms with Crippen LogP contribution in [0.1, 0.15) is 37.9 Å². The van der Waals surface area contributed by atoms with E-state index in [9.17, 15) is 9.18 Å². The van der Waals surface area contributed by atoms with Gasteiger partial charge in [0.05, 0.1) is 10.7 Å². The van der Waals surface area contributed by atoms with Gasteiger partial charge in [0, 0.05) is 44.0 Å². The monoisotopic (exact) mass is 482 g/mol. The molecule has 2 heterocycles. The van der Waals surface area contributed by atoms with Crippen molar-refractivity contribution >= 4 is 23.3 Å². The lowest BCUT2D eigenvalue weighted by Gasteiger charge is -2.16. The summed E-state index contributed by atoms with van der Waals surface area (Å²) in [5.74, 6) is 1.19. The fraction of sp³-hybridized carbons (Fsp3) is 0.370. The standard InChI is InChI=1S/C26H28ClFN4O.CH4/c1-32(2)26(33)19-10-9-17(11-19)13-21-14-22(23(27)16-29-21)24-7-4-8-25(31-24)30-15-18-5-3-6-20(28)12-18;/h3-8,12,14,16-17,19H,9-11,13,15H2,1-2H3,(H,30,31);1H4/t17-,19+;/m1./s1. The average molecular weight is 483 g/mol. The molecule has 2 aromatic heterocycles. The van der Waals surface area contributed by atoms with Gasteiger partial charge in [-0.3, -0.25) is 9.78 Å². The Hall–Kier alpha value is -2.99. The molecule has 0 aliphatic heterocycles. The molecule has 2 atom stereocenters. The fourth-order valence-corrected chi connectivity index (χ4v) is 4.66. The van der Waals surface area contributed by atoms with E-state index in [1.54, 1.807) is 17.2 Å². The molecule has 0 bridgehead atoms. The number of hydrogen-bond donors (Lipinski definition) is 1. The number of benzene rings is 1. The number of amides is 1. The van der Waals surface area contributed by atoms with Gasteiger partial charge in [-0.25, -0.2) is 9.37 Å². The van der Waals surface area contributed by atoms with Crippen LogP contribution in [0.5, 0.6) is 0 Å². The first kappa shape index (κ1) is 25.6. The minimum atomic E-state index is -0.258. The van der Waals surface area contributed by atoms with E-state index in [0.717, 1.165) is 48.2 Å². The van der Waals surface area contributed by atoms with Crippen LogP contribution in [-0.4, -0.2) is 34.9 Å². The van der Waals surface area contributed by atoms with E-state index in [1.807, 2.05) is 44.4 Å². The van der Waals surface area contributed by atoms with E-state index in [2.05, 4.69) is 10.3 Å². The highest BCUT2D eigenvalue weighted by Crippen LogP contribution is 2.35. The lowest BCUT2D eigenvalue weighted by molar-refractivity contribution is -0.132. The number of carbonyl (C=O) groups is 1. The molecular formula is C27H32ClFN4O. The summed E-state index contributed by atoms with van der Waals surface area (Å²) >= 11 is 6.47. The Kier molecular flexibility index (Phi) is 8.61. The molecule has 1 aromatic carbocycles. The van der Waals surface area contributed by atoms with E-state index in [1.165, 1.54) is 12.1 Å². The maximum absolute atomic E-state index is 13.4. The molecule has 34 heavy (non-hydrogen) atoms. The van der Waals surface area contributed by atoms with Crippen molar-refractivity contribution in [2.45, 2.75) is 39.7 Å². The van der Waals surface area contributed by atoms with Gasteiger partial charge in [-0.05, 0) is 67.5 Å². The molecule has 5 nitrogen and oxygen atoms in total. The van der Waals surface area contributed by atoms with Gasteiger partial charge in [0.25, 0.3) is 0 Å². The molecule has 1 amide bonds. The van der Waals surface area contributed by atoms with E-state index in [-0.39, 0.29) is 25.1 Å². The summed E-state index contributed by atoms with van der Waals surface area (Å²) in [5, 5.41) is 3.79. The van der Waals surface area contributed by atoms with Crippen LogP contribution in [0, 0.1) is 17.7 Å². The van der Waals surface area contributed by atoms with Crippen molar-refractivity contribution in [3.8, 4) is 11.3 Å². The molecule has 7 heteroatoms. The first-order valence-corrected chi connectivity index (χ1v) is 11.6. The molecule has 1 aliphatic carbocycles. The molecule has 1 N–H and O–H groups in total. The maximum atomic E-state index is 13.4. The van der Waals surface area contributed by atoms with E-state index >= 15 is 0 Å². The largest absolute Gasteiger partial charge is 0.366 e. The Morgan fingerprint density at radius 1 is 1.18 bits per heavy atom. The summed E-state index contributed by atoms with van der Waals surface area (Å²) in [6, 6.07) is 14.2. The lowest BCUT2D eigenvalue weighted by atomic mass is 9.98. The van der Waals surface area contributed by atoms with Gasteiger partial charge in [-0.1, -0.05) is 37.2 Å². The minimum Gasteiger partial charge on any atom is -0.366 e. The number of anilines is 1. The average Bonchev–Trinajstić information content (AvgIpc) is 3.27. The van der Waals surface area contributed by atoms with Gasteiger partial charge in [0.15, 0.2) is 0 Å². The topological polar surface area (TPSA) is 58.1 Å². The Labute approximate surface area is 206 Å². The number of rotatable bonds is 7. The van der Waals surface area contributed by atoms with Crippen LogP contribution in [0.2, 0.25) is 5.02 Å². The van der Waals surface area contributed by atoms with Crippen molar-refractivity contribution in [1.82, 2.24) is 14.9 Å². The second-order valence-corrected chi connectivity index (χ2v) is 9.27. The van der Waals surface area contributed by atoms with Gasteiger partial charge in [-0.2, -0.15) is 0 Å². The molecule has 1 saturated carbocycles. The van der Waals surface area contributed by atoms with Gasteiger partial charge in [-0.15, -0.1) is 0 Å². The van der Waals surface area contributed by atoms with Gasteiger partial charge < -0.3 is 10.2 Å². The van der Waals surface area contributed by atoms with E-state index < -0.39 is 0 Å². The molecule has 0 saturated heterocycles. The molecule has 1 aliphatic rings. The fourth-order valence-electron chi connectivity index (χ4n) is 4.46. The number of hydrogen-bond acceptors (Lipinski definition) is 4. The van der Waals surface area contributed by atoms with Crippen LogP contribution >= 0.6 is 11.6 Å². The molecule has 3 aromatic rings. The summed E-state index contributed by atoms with van der Waals surface area (Å²) in [6.07, 6.45) is 5.36. The number of nitrogens with zero attached hydrogens (tertiary/aromatic N) is 3. The third-order valence-electron chi connectivity index (χ3n) is 6.13. The van der Waals surface area contributed by atoms with E-state index in [4.69, 9.17) is 16.6 Å². The highest BCUT2D eigenvalue weighted by atomic mass is 35.5. The summed E-state index contributed by atoms with van der Waals surface area (Å²) in [5.41, 5.74) is 3.38. The molecule has 0 spiro atoms. The predicted molar refractivity (Wildman–Crippen MR) is 136 cm³/mol. The molecular weight excluding hydrogens is 451 g/mol. The maximum Gasteiger partial charge on any atom is 0.225 e. The zero-order valence-corrected chi connectivity index (χ0v) is 19.6. The van der Waals surface area contributed by atoms with Crippen LogP contribution in [0.3, 0.4) is 0 Å². The summed E-state index contributed by atoms with van der Waals surface area (Å²) in [6.45, 7) is 0.470. The summed E-state index contributed by atoms with van der Waals surface area (Å²) in [7, 11) is 3.63. The third kappa shape index (κ3) is 6.32. The second-order valence-electron chi connectivity index (χ2n) is 8.86. The smallest absolute Gasteiger partial charge is 0.225 e. The second kappa shape index (κ2) is 11.4. The van der Waals surface area contributed by atoms with Gasteiger partial charge in [0.2, 0.25) is 5.91 Å². The highest BCUT2D eigenvalue weighted by molar-refractivity contribution is 6.33. The normalized spacial score (nSPS) is 17.2. The first-order valence-electron chi connectivity index (χ1n) is 11.2. The van der Waals surface area contributed by atoms with Crippen molar-refractivity contribution in [3.63, 3.8) is 0 Å². The number of aromatic nitrogens is 2. The Morgan fingerprint density at radius 2 is 1.97 bits per heavy atom. The van der Waals surface area contributed by atoms with Crippen LogP contribution < -0.4 is 5.32 Å². The van der Waals surface area contributed by atoms with Crippen molar-refractivity contribution in [3.05, 3.63) is 76.8 Å². The van der Waals surface area contributed by atoms with E-state index in [0.29, 0.717) is 23.3 Å². The SMILES string of the molecule is C.CN(C)C(=O)[C@H]1CC[C@@H](Cc2cc(-c3cccc(NCc4cccc(F)c4)n3)c(Cl)cn2)C1. The number of halogens is 2. The van der Waals surface area contributed by atoms with Crippen LogP contribution in [0.15, 0.2) is 54.7 Å². The minimum absolute atomic E-state index is 0. The molecule has 0 unspecified atom stereocenters. The Morgan fingerprint density at radius 3 is 2.74 bits per heavy atom. The number of carbonyl (C=O) groups excluding carboxylic acids is 1.